The van der Waals surface area contributed by atoms with Gasteiger partial charge in [-0.1, -0.05) is 0 Å². The first-order valence-corrected chi connectivity index (χ1v) is 6.80. The summed E-state index contributed by atoms with van der Waals surface area (Å²) < 4.78 is 7.70. The molecule has 0 amide bonds. The van der Waals surface area contributed by atoms with Crippen LogP contribution in [0.2, 0.25) is 0 Å². The van der Waals surface area contributed by atoms with E-state index in [4.69, 9.17) is 4.74 Å². The number of hydrogen-bond acceptors (Lipinski definition) is 4. The van der Waals surface area contributed by atoms with Gasteiger partial charge in [-0.2, -0.15) is 0 Å². The van der Waals surface area contributed by atoms with Crippen molar-refractivity contribution >= 4 is 16.7 Å². The molecule has 1 aliphatic rings. The minimum Gasteiger partial charge on any atom is -0.385 e. The molecule has 1 aromatic carbocycles. The summed E-state index contributed by atoms with van der Waals surface area (Å²) in [5.41, 5.74) is 3.31. The van der Waals surface area contributed by atoms with Crippen LogP contribution in [0.5, 0.6) is 0 Å². The van der Waals surface area contributed by atoms with E-state index in [2.05, 4.69) is 33.8 Å². The van der Waals surface area contributed by atoms with Crippen LogP contribution >= 0.6 is 0 Å². The Morgan fingerprint density at radius 1 is 1.53 bits per heavy atom. The summed E-state index contributed by atoms with van der Waals surface area (Å²) in [6, 6.07) is 6.29. The molecule has 1 aromatic heterocycles. The maximum atomic E-state index is 5.67. The second-order valence-corrected chi connectivity index (χ2v) is 4.97. The highest BCUT2D eigenvalue weighted by Crippen LogP contribution is 2.17. The van der Waals surface area contributed by atoms with E-state index in [1.807, 2.05) is 17.9 Å². The van der Waals surface area contributed by atoms with Gasteiger partial charge in [0.2, 0.25) is 0 Å². The summed E-state index contributed by atoms with van der Waals surface area (Å²) in [7, 11) is 2.01. The Labute approximate surface area is 113 Å². The molecule has 5 heteroatoms. The van der Waals surface area contributed by atoms with E-state index in [1.54, 1.807) is 0 Å². The lowest BCUT2D eigenvalue weighted by molar-refractivity contribution is 0.0258. The third kappa shape index (κ3) is 2.88. The molecule has 0 aliphatic carbocycles. The van der Waals surface area contributed by atoms with Gasteiger partial charge in [0.1, 0.15) is 0 Å². The van der Waals surface area contributed by atoms with E-state index < -0.39 is 0 Å². The monoisotopic (exact) mass is 260 g/mol. The number of nitrogens with zero attached hydrogens (tertiary/aromatic N) is 2. The molecule has 2 heterocycles. The van der Waals surface area contributed by atoms with Gasteiger partial charge in [-0.25, -0.2) is 4.98 Å². The van der Waals surface area contributed by atoms with Crippen LogP contribution in [0.1, 0.15) is 6.42 Å². The molecule has 0 radical (unpaired) electrons. The van der Waals surface area contributed by atoms with E-state index in [0.717, 1.165) is 49.4 Å². The zero-order valence-electron chi connectivity index (χ0n) is 11.2. The van der Waals surface area contributed by atoms with Gasteiger partial charge in [0.05, 0.1) is 30.1 Å². The highest BCUT2D eigenvalue weighted by Gasteiger charge is 2.12. The van der Waals surface area contributed by atoms with Gasteiger partial charge < -0.3 is 19.9 Å². The highest BCUT2D eigenvalue weighted by molar-refractivity contribution is 5.79. The molecule has 1 saturated heterocycles. The van der Waals surface area contributed by atoms with Gasteiger partial charge in [0.25, 0.3) is 0 Å². The van der Waals surface area contributed by atoms with Gasteiger partial charge >= 0.3 is 0 Å². The van der Waals surface area contributed by atoms with Gasteiger partial charge in [0, 0.05) is 32.4 Å². The van der Waals surface area contributed by atoms with Crippen molar-refractivity contribution < 1.29 is 4.74 Å². The molecule has 3 rings (SSSR count). The Kier molecular flexibility index (Phi) is 3.66. The van der Waals surface area contributed by atoms with Crippen LogP contribution in [0.25, 0.3) is 11.0 Å². The number of aryl methyl sites for hydroxylation is 1. The van der Waals surface area contributed by atoms with Crippen LogP contribution in [-0.2, 0) is 11.8 Å². The number of nitrogens with one attached hydrogen (secondary N) is 2. The number of morpholine rings is 1. The van der Waals surface area contributed by atoms with Crippen LogP contribution in [0, 0.1) is 0 Å². The molecule has 2 aromatic rings. The molecule has 0 saturated carbocycles. The second kappa shape index (κ2) is 5.59. The van der Waals surface area contributed by atoms with Gasteiger partial charge in [-0.15, -0.1) is 0 Å². The van der Waals surface area contributed by atoms with E-state index in [1.165, 1.54) is 0 Å². The standard InChI is InChI=1S/C14H20N4O/c1-18-10-17-13-8-11(2-3-14(13)18)16-5-4-12-9-15-6-7-19-12/h2-3,8,10,12,15-16H,4-7,9H2,1H3. The lowest BCUT2D eigenvalue weighted by Gasteiger charge is -2.23. The van der Waals surface area contributed by atoms with Crippen LogP contribution in [0.4, 0.5) is 5.69 Å². The van der Waals surface area contributed by atoms with Crippen LogP contribution in [0.3, 0.4) is 0 Å². The molecule has 102 valence electrons. The molecular formula is C14H20N4O. The third-order valence-electron chi connectivity index (χ3n) is 3.53. The minimum absolute atomic E-state index is 0.333. The fraction of sp³-hybridized carbons (Fsp3) is 0.500. The van der Waals surface area contributed by atoms with Crippen molar-refractivity contribution in [1.82, 2.24) is 14.9 Å². The maximum absolute atomic E-state index is 5.67. The van der Waals surface area contributed by atoms with Crippen molar-refractivity contribution in [2.45, 2.75) is 12.5 Å². The molecule has 0 bridgehead atoms. The van der Waals surface area contributed by atoms with Crippen molar-refractivity contribution in [2.24, 2.45) is 7.05 Å². The molecule has 0 spiro atoms. The number of anilines is 1. The Bertz CT molecular complexity index is 545. The van der Waals surface area contributed by atoms with E-state index >= 15 is 0 Å². The third-order valence-corrected chi connectivity index (χ3v) is 3.53. The highest BCUT2D eigenvalue weighted by atomic mass is 16.5. The summed E-state index contributed by atoms with van der Waals surface area (Å²) >= 11 is 0. The zero-order chi connectivity index (χ0) is 13.1. The Balaban J connectivity index is 1.56. The largest absolute Gasteiger partial charge is 0.385 e. The Hall–Kier alpha value is -1.59. The van der Waals surface area contributed by atoms with Crippen LogP contribution in [0.15, 0.2) is 24.5 Å². The lowest BCUT2D eigenvalue weighted by Crippen LogP contribution is -2.39. The average Bonchev–Trinajstić information content (AvgIpc) is 2.81. The summed E-state index contributed by atoms with van der Waals surface area (Å²) in [5.74, 6) is 0. The smallest absolute Gasteiger partial charge is 0.0955 e. The first kappa shape index (κ1) is 12.4. The predicted octanol–water partition coefficient (Wildman–Crippen LogP) is 1.36. The first-order valence-electron chi connectivity index (χ1n) is 6.80. The number of benzene rings is 1. The van der Waals surface area contributed by atoms with Crippen LogP contribution in [-0.4, -0.2) is 41.9 Å². The fourth-order valence-corrected chi connectivity index (χ4v) is 2.43. The first-order chi connectivity index (χ1) is 9.33. The lowest BCUT2D eigenvalue weighted by atomic mass is 10.2. The number of aromatic nitrogens is 2. The molecule has 19 heavy (non-hydrogen) atoms. The second-order valence-electron chi connectivity index (χ2n) is 4.97. The van der Waals surface area contributed by atoms with Gasteiger partial charge in [-0.3, -0.25) is 0 Å². The quantitative estimate of drug-likeness (QED) is 0.871. The summed E-state index contributed by atoms with van der Waals surface area (Å²) in [4.78, 5) is 4.37. The molecule has 1 unspecified atom stereocenters. The fourth-order valence-electron chi connectivity index (χ4n) is 2.43. The zero-order valence-corrected chi connectivity index (χ0v) is 11.2. The van der Waals surface area contributed by atoms with Crippen LogP contribution < -0.4 is 10.6 Å². The average molecular weight is 260 g/mol. The number of ether oxygens (including phenoxy) is 1. The normalized spacial score (nSPS) is 19.7. The van der Waals surface area contributed by atoms with Gasteiger partial charge in [-0.05, 0) is 24.6 Å². The van der Waals surface area contributed by atoms with Crippen molar-refractivity contribution in [3.8, 4) is 0 Å². The summed E-state index contributed by atoms with van der Waals surface area (Å²) in [6.45, 7) is 3.68. The molecule has 1 fully saturated rings. The maximum Gasteiger partial charge on any atom is 0.0955 e. The van der Waals surface area contributed by atoms with Crippen molar-refractivity contribution in [3.05, 3.63) is 24.5 Å². The molecule has 1 atom stereocenters. The Morgan fingerprint density at radius 2 is 2.47 bits per heavy atom. The van der Waals surface area contributed by atoms with Crippen molar-refractivity contribution in [1.29, 1.82) is 0 Å². The number of rotatable bonds is 4. The molecule has 1 aliphatic heterocycles. The molecule has 5 nitrogen and oxygen atoms in total. The summed E-state index contributed by atoms with van der Waals surface area (Å²) in [5, 5.41) is 6.78. The van der Waals surface area contributed by atoms with E-state index in [9.17, 15) is 0 Å². The number of imidazole rings is 1. The Morgan fingerprint density at radius 3 is 3.32 bits per heavy atom. The van der Waals surface area contributed by atoms with Crippen molar-refractivity contribution in [3.63, 3.8) is 0 Å². The van der Waals surface area contributed by atoms with E-state index in [-0.39, 0.29) is 0 Å². The minimum atomic E-state index is 0.333. The molecular weight excluding hydrogens is 240 g/mol. The van der Waals surface area contributed by atoms with Gasteiger partial charge in [0.15, 0.2) is 0 Å². The van der Waals surface area contributed by atoms with E-state index in [0.29, 0.717) is 6.10 Å². The predicted molar refractivity (Wildman–Crippen MR) is 76.4 cm³/mol. The van der Waals surface area contributed by atoms with Crippen molar-refractivity contribution in [2.75, 3.05) is 31.6 Å². The molecule has 2 N–H and O–H groups in total. The summed E-state index contributed by atoms with van der Waals surface area (Å²) in [6.07, 6.45) is 3.20. The topological polar surface area (TPSA) is 51.1 Å². The SMILES string of the molecule is Cn1cnc2cc(NCCC3CNCCO3)ccc21. The number of fused-ring (bicyclic) bond motifs is 1. The number of hydrogen-bond donors (Lipinski definition) is 2.